The summed E-state index contributed by atoms with van der Waals surface area (Å²) >= 11 is 0. The monoisotopic (exact) mass is 434 g/mol. The second kappa shape index (κ2) is 8.02. The van der Waals surface area contributed by atoms with E-state index in [1.165, 1.54) is 24.8 Å². The average molecular weight is 435 g/mol. The molecule has 32 heavy (non-hydrogen) atoms. The zero-order chi connectivity index (χ0) is 22.6. The fraction of sp³-hybridized carbons (Fsp3) is 0.630. The van der Waals surface area contributed by atoms with Crippen molar-refractivity contribution in [2.75, 3.05) is 7.05 Å². The fourth-order valence-electron chi connectivity index (χ4n) is 7.09. The van der Waals surface area contributed by atoms with Crippen molar-refractivity contribution in [3.63, 3.8) is 0 Å². The topological polar surface area (TPSA) is 41.4 Å². The first kappa shape index (κ1) is 21.7. The summed E-state index contributed by atoms with van der Waals surface area (Å²) in [5.74, 6) is 0.497. The van der Waals surface area contributed by atoms with Gasteiger partial charge in [-0.15, -0.1) is 0 Å². The van der Waals surface area contributed by atoms with Gasteiger partial charge in [-0.3, -0.25) is 14.4 Å². The number of hydrogen-bond acceptors (Lipinski definition) is 3. The van der Waals surface area contributed by atoms with Crippen molar-refractivity contribution in [2.24, 2.45) is 12.5 Å². The maximum Gasteiger partial charge on any atom is 0.272 e. The van der Waals surface area contributed by atoms with Crippen LogP contribution in [0.4, 0.5) is 0 Å². The SMILES string of the molecule is CC(C)c1cc(C(=O)N2[C@H]3CCCC[C@H]4N(C)[C@H](Cc5ccccc5)[C@@H]2C[C@@]34C)n(C)n1. The molecule has 0 unspecified atom stereocenters. The van der Waals surface area contributed by atoms with Crippen LogP contribution in [0.2, 0.25) is 0 Å². The summed E-state index contributed by atoms with van der Waals surface area (Å²) in [6.07, 6.45) is 6.95. The Morgan fingerprint density at radius 1 is 1.12 bits per heavy atom. The molecule has 3 fully saturated rings. The Morgan fingerprint density at radius 3 is 2.47 bits per heavy atom. The zero-order valence-electron chi connectivity index (χ0n) is 20.3. The summed E-state index contributed by atoms with van der Waals surface area (Å²) < 4.78 is 1.81. The smallest absolute Gasteiger partial charge is 0.272 e. The van der Waals surface area contributed by atoms with Crippen molar-refractivity contribution >= 4 is 5.91 Å². The Hall–Kier alpha value is -2.14. The van der Waals surface area contributed by atoms with Crippen LogP contribution in [0.5, 0.6) is 0 Å². The van der Waals surface area contributed by atoms with E-state index in [4.69, 9.17) is 0 Å². The number of aryl methyl sites for hydroxylation is 1. The Balaban J connectivity index is 1.56. The van der Waals surface area contributed by atoms with E-state index in [9.17, 15) is 4.79 Å². The molecule has 0 spiro atoms. The molecule has 0 N–H and O–H groups in total. The van der Waals surface area contributed by atoms with Gasteiger partial charge in [0.2, 0.25) is 0 Å². The fourth-order valence-corrected chi connectivity index (χ4v) is 7.09. The molecule has 5 atom stereocenters. The van der Waals surface area contributed by atoms with Gasteiger partial charge in [0.25, 0.3) is 5.91 Å². The third-order valence-corrected chi connectivity index (χ3v) is 8.76. The summed E-state index contributed by atoms with van der Waals surface area (Å²) in [6.45, 7) is 6.74. The Kier molecular flexibility index (Phi) is 5.43. The van der Waals surface area contributed by atoms with Crippen LogP contribution in [0, 0.1) is 5.41 Å². The number of piperidine rings is 1. The van der Waals surface area contributed by atoms with Crippen molar-refractivity contribution in [2.45, 2.75) is 89.4 Å². The molecule has 1 aliphatic carbocycles. The molecule has 1 amide bonds. The zero-order valence-corrected chi connectivity index (χ0v) is 20.3. The van der Waals surface area contributed by atoms with Gasteiger partial charge in [-0.25, -0.2) is 0 Å². The maximum atomic E-state index is 14.2. The van der Waals surface area contributed by atoms with E-state index in [-0.39, 0.29) is 17.4 Å². The van der Waals surface area contributed by atoms with Gasteiger partial charge < -0.3 is 4.90 Å². The number of carbonyl (C=O) groups excluding carboxylic acids is 1. The summed E-state index contributed by atoms with van der Waals surface area (Å²) in [4.78, 5) is 19.1. The number of fused-ring (bicyclic) bond motifs is 1. The molecule has 3 aliphatic rings. The number of amides is 1. The standard InChI is InChI=1S/C27H38N4O/c1-18(2)20-16-22(30(5)28-20)26(32)31-23-17-27(3)24(13-9-10-14-25(27)31)29(4)21(23)15-19-11-7-6-8-12-19/h6-8,11-12,16,18,21,23-25H,9-10,13-15,17H2,1-5H3/t21-,23+,24-,25+,27-/m1/s1. The van der Waals surface area contributed by atoms with E-state index in [1.54, 1.807) is 0 Å². The van der Waals surface area contributed by atoms with Crippen LogP contribution in [0.1, 0.15) is 80.5 Å². The lowest BCUT2D eigenvalue weighted by Crippen LogP contribution is -2.58. The minimum Gasteiger partial charge on any atom is -0.329 e. The number of rotatable bonds is 4. The highest BCUT2D eigenvalue weighted by atomic mass is 16.2. The molecule has 3 heterocycles. The van der Waals surface area contributed by atoms with Crippen LogP contribution in [-0.2, 0) is 13.5 Å². The van der Waals surface area contributed by atoms with Crippen molar-refractivity contribution < 1.29 is 4.79 Å². The molecule has 1 aromatic carbocycles. The Morgan fingerprint density at radius 2 is 1.81 bits per heavy atom. The molecule has 1 saturated carbocycles. The third-order valence-electron chi connectivity index (χ3n) is 8.76. The van der Waals surface area contributed by atoms with Gasteiger partial charge in [0.05, 0.1) is 5.69 Å². The first-order valence-corrected chi connectivity index (χ1v) is 12.4. The van der Waals surface area contributed by atoms with Crippen LogP contribution >= 0.6 is 0 Å². The molecular formula is C27H38N4O. The number of likely N-dealkylation sites (tertiary alicyclic amines) is 2. The number of nitrogens with zero attached hydrogens (tertiary/aromatic N) is 4. The summed E-state index contributed by atoms with van der Waals surface area (Å²) in [7, 11) is 4.24. The molecule has 2 aliphatic heterocycles. The lowest BCUT2D eigenvalue weighted by molar-refractivity contribution is 0.0155. The molecule has 5 heteroatoms. The van der Waals surface area contributed by atoms with Crippen molar-refractivity contribution in [3.05, 3.63) is 53.3 Å². The van der Waals surface area contributed by atoms with Gasteiger partial charge in [0.1, 0.15) is 5.69 Å². The van der Waals surface area contributed by atoms with Crippen molar-refractivity contribution in [3.8, 4) is 0 Å². The molecule has 5 rings (SSSR count). The van der Waals surface area contributed by atoms with Gasteiger partial charge in [0, 0.05) is 36.6 Å². The molecular weight excluding hydrogens is 396 g/mol. The number of carbonyl (C=O) groups is 1. The van der Waals surface area contributed by atoms with E-state index < -0.39 is 0 Å². The maximum absolute atomic E-state index is 14.2. The first-order valence-electron chi connectivity index (χ1n) is 12.4. The van der Waals surface area contributed by atoms with E-state index in [2.05, 4.69) is 73.0 Å². The van der Waals surface area contributed by atoms with Crippen LogP contribution < -0.4 is 0 Å². The molecule has 172 valence electrons. The van der Waals surface area contributed by atoms with Gasteiger partial charge in [-0.1, -0.05) is 63.9 Å². The number of hydrogen-bond donors (Lipinski definition) is 0. The average Bonchev–Trinajstić information content (AvgIpc) is 3.22. The van der Waals surface area contributed by atoms with Crippen molar-refractivity contribution in [1.82, 2.24) is 19.6 Å². The third kappa shape index (κ3) is 3.32. The lowest BCUT2D eigenvalue weighted by atomic mass is 9.69. The van der Waals surface area contributed by atoms with E-state index in [1.807, 2.05) is 17.8 Å². The molecule has 1 aromatic heterocycles. The second-order valence-corrected chi connectivity index (χ2v) is 11.0. The predicted octanol–water partition coefficient (Wildman–Crippen LogP) is 4.63. The van der Waals surface area contributed by atoms with Crippen LogP contribution in [-0.4, -0.2) is 56.7 Å². The van der Waals surface area contributed by atoms with Crippen molar-refractivity contribution in [1.29, 1.82) is 0 Å². The summed E-state index contributed by atoms with van der Waals surface area (Å²) in [6, 6.07) is 14.3. The lowest BCUT2D eigenvalue weighted by Gasteiger charge is -2.49. The minimum absolute atomic E-state index is 0.165. The first-order chi connectivity index (χ1) is 15.3. The highest BCUT2D eigenvalue weighted by molar-refractivity contribution is 5.93. The van der Waals surface area contributed by atoms with E-state index in [0.717, 1.165) is 30.7 Å². The number of benzene rings is 1. The van der Waals surface area contributed by atoms with E-state index in [0.29, 0.717) is 24.0 Å². The largest absolute Gasteiger partial charge is 0.329 e. The Bertz CT molecular complexity index is 983. The molecule has 5 nitrogen and oxygen atoms in total. The van der Waals surface area contributed by atoms with Gasteiger partial charge in [-0.2, -0.15) is 5.10 Å². The van der Waals surface area contributed by atoms with Gasteiger partial charge >= 0.3 is 0 Å². The quantitative estimate of drug-likeness (QED) is 0.704. The summed E-state index contributed by atoms with van der Waals surface area (Å²) in [5.41, 5.74) is 3.27. The van der Waals surface area contributed by atoms with E-state index >= 15 is 0 Å². The minimum atomic E-state index is 0.165. The second-order valence-electron chi connectivity index (χ2n) is 11.0. The normalized spacial score (nSPS) is 32.4. The highest BCUT2D eigenvalue weighted by Gasteiger charge is 2.62. The van der Waals surface area contributed by atoms with Crippen LogP contribution in [0.25, 0.3) is 0 Å². The van der Waals surface area contributed by atoms with Crippen LogP contribution in [0.3, 0.4) is 0 Å². The number of likely N-dealkylation sites (N-methyl/N-ethyl adjacent to an activating group) is 1. The van der Waals surface area contributed by atoms with Crippen LogP contribution in [0.15, 0.2) is 36.4 Å². The summed E-state index contributed by atoms with van der Waals surface area (Å²) in [5, 5.41) is 4.66. The molecule has 0 radical (unpaired) electrons. The number of aromatic nitrogens is 2. The molecule has 2 bridgehead atoms. The highest BCUT2D eigenvalue weighted by Crippen LogP contribution is 2.55. The molecule has 2 saturated heterocycles. The van der Waals surface area contributed by atoms with Gasteiger partial charge in [0.15, 0.2) is 0 Å². The molecule has 2 aromatic rings. The Labute approximate surface area is 192 Å². The predicted molar refractivity (Wildman–Crippen MR) is 128 cm³/mol. The van der Waals surface area contributed by atoms with Gasteiger partial charge in [-0.05, 0) is 50.3 Å².